The zero-order chi connectivity index (χ0) is 21.8. The molecule has 0 aromatic carbocycles. The Bertz CT molecular complexity index is 355. The van der Waals surface area contributed by atoms with E-state index < -0.39 is 0 Å². The van der Waals surface area contributed by atoms with Crippen molar-refractivity contribution >= 4 is 0 Å². The van der Waals surface area contributed by atoms with Crippen LogP contribution in [0.5, 0.6) is 0 Å². The van der Waals surface area contributed by atoms with Crippen molar-refractivity contribution in [1.29, 1.82) is 0 Å². The maximum absolute atomic E-state index is 2.87. The third kappa shape index (κ3) is 14.6. The summed E-state index contributed by atoms with van der Waals surface area (Å²) in [6.45, 7) is 9.22. The molecule has 0 saturated carbocycles. The van der Waals surface area contributed by atoms with Gasteiger partial charge >= 0.3 is 0 Å². The fraction of sp³-hybridized carbons (Fsp3) is 1.00. The molecule has 0 amide bonds. The Kier molecular flexibility index (Phi) is 17.0. The summed E-state index contributed by atoms with van der Waals surface area (Å²) in [5.41, 5.74) is 0. The average Bonchev–Trinajstić information content (AvgIpc) is 2.77. The van der Waals surface area contributed by atoms with Gasteiger partial charge in [-0.05, 0) is 58.8 Å². The monoisotopic (exact) mass is 434 g/mol. The molecule has 0 bridgehead atoms. The minimum Gasteiger partial charge on any atom is -0.302 e. The SMILES string of the molecule is CC(CN1CCCCCCCCCCCCC1)N1CCCCCCCCCCCCC1. The lowest BCUT2D eigenvalue weighted by atomic mass is 10.0. The van der Waals surface area contributed by atoms with Gasteiger partial charge in [0.25, 0.3) is 0 Å². The minimum atomic E-state index is 0.729. The van der Waals surface area contributed by atoms with Crippen LogP contribution in [0.15, 0.2) is 0 Å². The number of hydrogen-bond donors (Lipinski definition) is 0. The third-order valence-corrected chi connectivity index (χ3v) is 7.99. The highest BCUT2D eigenvalue weighted by molar-refractivity contribution is 4.73. The molecule has 2 aliphatic heterocycles. The summed E-state index contributed by atoms with van der Waals surface area (Å²) in [5, 5.41) is 0. The molecule has 2 saturated heterocycles. The second kappa shape index (κ2) is 19.4. The van der Waals surface area contributed by atoms with Crippen LogP contribution >= 0.6 is 0 Å². The quantitative estimate of drug-likeness (QED) is 0.438. The Morgan fingerprint density at radius 3 is 0.968 bits per heavy atom. The Labute approximate surface area is 196 Å². The summed E-state index contributed by atoms with van der Waals surface area (Å²) in [6.07, 6.45) is 32.2. The van der Waals surface area contributed by atoms with E-state index in [9.17, 15) is 0 Å². The van der Waals surface area contributed by atoms with Crippen molar-refractivity contribution < 1.29 is 0 Å². The van der Waals surface area contributed by atoms with Crippen LogP contribution in [0.1, 0.15) is 148 Å². The highest BCUT2D eigenvalue weighted by Crippen LogP contribution is 2.17. The van der Waals surface area contributed by atoms with Gasteiger partial charge in [0.2, 0.25) is 0 Å². The first-order valence-electron chi connectivity index (χ1n) is 14.8. The largest absolute Gasteiger partial charge is 0.302 e. The number of rotatable bonds is 3. The van der Waals surface area contributed by atoms with Gasteiger partial charge in [-0.25, -0.2) is 0 Å². The van der Waals surface area contributed by atoms with Gasteiger partial charge in [-0.2, -0.15) is 0 Å². The van der Waals surface area contributed by atoms with Crippen LogP contribution in [0.3, 0.4) is 0 Å². The highest BCUT2D eigenvalue weighted by Gasteiger charge is 2.17. The van der Waals surface area contributed by atoms with E-state index in [1.165, 1.54) is 174 Å². The topological polar surface area (TPSA) is 6.48 Å². The van der Waals surface area contributed by atoms with Crippen molar-refractivity contribution in [3.05, 3.63) is 0 Å². The van der Waals surface area contributed by atoms with Gasteiger partial charge in [0.1, 0.15) is 0 Å². The van der Waals surface area contributed by atoms with Crippen LogP contribution in [0.25, 0.3) is 0 Å². The summed E-state index contributed by atoms with van der Waals surface area (Å²) >= 11 is 0. The van der Waals surface area contributed by atoms with E-state index >= 15 is 0 Å². The van der Waals surface area contributed by atoms with Crippen LogP contribution in [-0.4, -0.2) is 48.6 Å². The van der Waals surface area contributed by atoms with Gasteiger partial charge in [-0.1, -0.05) is 116 Å². The molecule has 2 heterocycles. The molecule has 1 unspecified atom stereocenters. The molecule has 1 atom stereocenters. The molecule has 2 fully saturated rings. The minimum absolute atomic E-state index is 0.729. The molecule has 0 aromatic heterocycles. The van der Waals surface area contributed by atoms with Crippen LogP contribution in [-0.2, 0) is 0 Å². The number of nitrogens with zero attached hydrogens (tertiary/aromatic N) is 2. The molecule has 2 heteroatoms. The number of hydrogen-bond acceptors (Lipinski definition) is 2. The van der Waals surface area contributed by atoms with E-state index in [0.717, 1.165) is 6.04 Å². The lowest BCUT2D eigenvalue weighted by Crippen LogP contribution is -2.44. The molecule has 0 spiro atoms. The van der Waals surface area contributed by atoms with E-state index in [1.54, 1.807) is 0 Å². The molecule has 2 nitrogen and oxygen atoms in total. The van der Waals surface area contributed by atoms with E-state index in [-0.39, 0.29) is 0 Å². The molecule has 2 rings (SSSR count). The maximum atomic E-state index is 2.87. The summed E-state index contributed by atoms with van der Waals surface area (Å²) in [4.78, 5) is 5.72. The van der Waals surface area contributed by atoms with Gasteiger partial charge < -0.3 is 4.90 Å². The van der Waals surface area contributed by atoms with Gasteiger partial charge in [0.05, 0.1) is 0 Å². The van der Waals surface area contributed by atoms with Crippen LogP contribution in [0.4, 0.5) is 0 Å². The smallest absolute Gasteiger partial charge is 0.0194 e. The second-order valence-corrected chi connectivity index (χ2v) is 11.0. The Balaban J connectivity index is 1.79. The molecule has 0 aliphatic carbocycles. The maximum Gasteiger partial charge on any atom is 0.0194 e. The van der Waals surface area contributed by atoms with Crippen LogP contribution < -0.4 is 0 Å². The van der Waals surface area contributed by atoms with Gasteiger partial charge in [-0.3, -0.25) is 4.90 Å². The fourth-order valence-electron chi connectivity index (χ4n) is 5.82. The molecule has 0 aromatic rings. The first-order valence-corrected chi connectivity index (χ1v) is 14.8. The Morgan fingerprint density at radius 1 is 0.387 bits per heavy atom. The second-order valence-electron chi connectivity index (χ2n) is 11.0. The van der Waals surface area contributed by atoms with E-state index in [0.29, 0.717) is 0 Å². The summed E-state index contributed by atoms with van der Waals surface area (Å²) in [7, 11) is 0. The summed E-state index contributed by atoms with van der Waals surface area (Å²) < 4.78 is 0. The molecule has 184 valence electrons. The van der Waals surface area contributed by atoms with Crippen molar-refractivity contribution in [2.24, 2.45) is 0 Å². The van der Waals surface area contributed by atoms with Crippen LogP contribution in [0.2, 0.25) is 0 Å². The molecular formula is C29H58N2. The van der Waals surface area contributed by atoms with Gasteiger partial charge in [0, 0.05) is 12.6 Å². The van der Waals surface area contributed by atoms with E-state index in [4.69, 9.17) is 0 Å². The van der Waals surface area contributed by atoms with E-state index in [2.05, 4.69) is 16.7 Å². The van der Waals surface area contributed by atoms with Crippen molar-refractivity contribution in [1.82, 2.24) is 9.80 Å². The highest BCUT2D eigenvalue weighted by atomic mass is 15.2. The predicted molar refractivity (Wildman–Crippen MR) is 139 cm³/mol. The van der Waals surface area contributed by atoms with Crippen molar-refractivity contribution in [2.45, 2.75) is 154 Å². The molecule has 31 heavy (non-hydrogen) atoms. The third-order valence-electron chi connectivity index (χ3n) is 7.99. The van der Waals surface area contributed by atoms with Crippen molar-refractivity contribution in [3.8, 4) is 0 Å². The predicted octanol–water partition coefficient (Wildman–Crippen LogP) is 8.59. The molecule has 0 N–H and O–H groups in total. The normalized spacial score (nSPS) is 25.8. The Hall–Kier alpha value is -0.0800. The van der Waals surface area contributed by atoms with Crippen LogP contribution in [0, 0.1) is 0 Å². The Morgan fingerprint density at radius 2 is 0.645 bits per heavy atom. The van der Waals surface area contributed by atoms with Crippen molar-refractivity contribution in [2.75, 3.05) is 32.7 Å². The summed E-state index contributed by atoms with van der Waals surface area (Å²) in [5.74, 6) is 0. The first-order chi connectivity index (χ1) is 15.4. The summed E-state index contributed by atoms with van der Waals surface area (Å²) in [6, 6.07) is 0.729. The van der Waals surface area contributed by atoms with E-state index in [1.807, 2.05) is 0 Å². The zero-order valence-electron chi connectivity index (χ0n) is 21.6. The first kappa shape index (κ1) is 27.2. The molecule has 0 radical (unpaired) electrons. The lowest BCUT2D eigenvalue weighted by Gasteiger charge is -2.34. The van der Waals surface area contributed by atoms with Gasteiger partial charge in [0.15, 0.2) is 0 Å². The zero-order valence-corrected chi connectivity index (χ0v) is 21.6. The fourth-order valence-corrected chi connectivity index (χ4v) is 5.82. The standard InChI is InChI=1S/C29H58N2/c1-29(31-26-22-18-14-10-6-3-7-11-15-19-23-27-31)28-30-24-20-16-12-8-4-2-5-9-13-17-21-25-30/h29H,2-28H2,1H3. The average molecular weight is 435 g/mol. The van der Waals surface area contributed by atoms with Gasteiger partial charge in [-0.15, -0.1) is 0 Å². The molecular weight excluding hydrogens is 376 g/mol. The molecule has 2 aliphatic rings. The van der Waals surface area contributed by atoms with Crippen molar-refractivity contribution in [3.63, 3.8) is 0 Å². The lowest BCUT2D eigenvalue weighted by molar-refractivity contribution is 0.139.